The van der Waals surface area contributed by atoms with Crippen LogP contribution in [0.4, 0.5) is 13.2 Å². The van der Waals surface area contributed by atoms with Crippen molar-refractivity contribution >= 4 is 29.4 Å². The van der Waals surface area contributed by atoms with Gasteiger partial charge in [0.2, 0.25) is 5.91 Å². The van der Waals surface area contributed by atoms with Gasteiger partial charge in [-0.25, -0.2) is 4.79 Å². The van der Waals surface area contributed by atoms with Crippen LogP contribution < -0.4 is 5.32 Å². The Morgan fingerprint density at radius 2 is 1.88 bits per heavy atom. The molecule has 0 fully saturated rings. The molecule has 1 unspecified atom stereocenters. The van der Waals surface area contributed by atoms with Gasteiger partial charge in [-0.15, -0.1) is 0 Å². The second-order valence-electron chi connectivity index (χ2n) is 5.22. The molecule has 10 heteroatoms. The highest BCUT2D eigenvalue weighted by molar-refractivity contribution is 6.31. The number of hydrogen-bond acceptors (Lipinski definition) is 3. The van der Waals surface area contributed by atoms with Crippen molar-refractivity contribution in [3.8, 4) is 0 Å². The zero-order valence-corrected chi connectivity index (χ0v) is 14.1. The fraction of sp³-hybridized carbons (Fsp3) is 0.400. The van der Waals surface area contributed by atoms with Gasteiger partial charge in [-0.05, 0) is 25.1 Å². The monoisotopic (exact) mass is 380 g/mol. The Hall–Kier alpha value is -2.29. The minimum absolute atomic E-state index is 0.0502. The van der Waals surface area contributed by atoms with E-state index < -0.39 is 41.1 Å². The zero-order chi connectivity index (χ0) is 19.4. The van der Waals surface area contributed by atoms with Gasteiger partial charge in [-0.2, -0.15) is 13.2 Å². The third-order valence-electron chi connectivity index (χ3n) is 3.28. The van der Waals surface area contributed by atoms with Crippen molar-refractivity contribution < 1.29 is 32.7 Å². The number of hydrogen-bond donors (Lipinski definition) is 2. The summed E-state index contributed by atoms with van der Waals surface area (Å²) < 4.78 is 38.6. The largest absolute Gasteiger partial charge is 0.480 e. The quantitative estimate of drug-likeness (QED) is 0.793. The first kappa shape index (κ1) is 20.8. The summed E-state index contributed by atoms with van der Waals surface area (Å²) in [5, 5.41) is 11.2. The van der Waals surface area contributed by atoms with Crippen molar-refractivity contribution in [3.05, 3.63) is 34.3 Å². The van der Waals surface area contributed by atoms with Crippen molar-refractivity contribution in [1.82, 2.24) is 10.2 Å². The third-order valence-corrected chi connectivity index (χ3v) is 3.50. The number of alkyl halides is 3. The van der Waals surface area contributed by atoms with Gasteiger partial charge in [0.1, 0.15) is 6.04 Å². The maximum atomic E-state index is 12.9. The number of benzene rings is 1. The molecule has 2 N–H and O–H groups in total. The van der Waals surface area contributed by atoms with Crippen LogP contribution in [0.25, 0.3) is 0 Å². The molecule has 6 nitrogen and oxygen atoms in total. The van der Waals surface area contributed by atoms with E-state index in [2.05, 4.69) is 5.32 Å². The highest BCUT2D eigenvalue weighted by Crippen LogP contribution is 2.32. The number of carboxylic acids is 1. The van der Waals surface area contributed by atoms with Gasteiger partial charge in [0.05, 0.1) is 5.56 Å². The summed E-state index contributed by atoms with van der Waals surface area (Å²) in [4.78, 5) is 35.4. The molecule has 0 radical (unpaired) electrons. The normalized spacial score (nSPS) is 12.4. The number of halogens is 4. The summed E-state index contributed by atoms with van der Waals surface area (Å²) in [5.74, 6) is -2.67. The Kier molecular flexibility index (Phi) is 6.80. The van der Waals surface area contributed by atoms with E-state index in [1.54, 1.807) is 0 Å². The van der Waals surface area contributed by atoms with Crippen LogP contribution >= 0.6 is 11.6 Å². The Bertz CT molecular complexity index is 679. The highest BCUT2D eigenvalue weighted by atomic mass is 35.5. The van der Waals surface area contributed by atoms with Crippen LogP contribution in [0.15, 0.2) is 18.2 Å². The van der Waals surface area contributed by atoms with E-state index in [1.165, 1.54) is 13.8 Å². The molecule has 2 amide bonds. The molecule has 0 saturated heterocycles. The van der Waals surface area contributed by atoms with Gasteiger partial charge < -0.3 is 15.3 Å². The average molecular weight is 381 g/mol. The molecule has 0 aromatic heterocycles. The number of carbonyl (C=O) groups is 3. The molecule has 25 heavy (non-hydrogen) atoms. The molecule has 1 aromatic rings. The summed E-state index contributed by atoms with van der Waals surface area (Å²) in [6.45, 7) is 2.20. The Labute approximate surface area is 146 Å². The van der Waals surface area contributed by atoms with Crippen molar-refractivity contribution in [2.75, 3.05) is 13.1 Å². The van der Waals surface area contributed by atoms with Crippen LogP contribution in [0.5, 0.6) is 0 Å². The SMILES string of the molecule is CC(=O)NCCN(C(=O)c1cc(Cl)cc(C(F)(F)F)c1)C(C)C(=O)O. The van der Waals surface area contributed by atoms with Crippen LogP contribution in [-0.2, 0) is 15.8 Å². The van der Waals surface area contributed by atoms with Gasteiger partial charge in [0, 0.05) is 30.6 Å². The van der Waals surface area contributed by atoms with Crippen molar-refractivity contribution in [1.29, 1.82) is 0 Å². The van der Waals surface area contributed by atoms with E-state index in [0.29, 0.717) is 12.1 Å². The lowest BCUT2D eigenvalue weighted by molar-refractivity contribution is -0.142. The van der Waals surface area contributed by atoms with Gasteiger partial charge in [-0.3, -0.25) is 9.59 Å². The summed E-state index contributed by atoms with van der Waals surface area (Å²) in [5.41, 5.74) is -1.51. The van der Waals surface area contributed by atoms with Crippen LogP contribution in [0.3, 0.4) is 0 Å². The lowest BCUT2D eigenvalue weighted by atomic mass is 10.1. The van der Waals surface area contributed by atoms with Gasteiger partial charge in [-0.1, -0.05) is 11.6 Å². The number of nitrogens with one attached hydrogen (secondary N) is 1. The first-order valence-electron chi connectivity index (χ1n) is 7.09. The zero-order valence-electron chi connectivity index (χ0n) is 13.4. The Morgan fingerprint density at radius 3 is 2.36 bits per heavy atom. The van der Waals surface area contributed by atoms with Gasteiger partial charge in [0.15, 0.2) is 0 Å². The summed E-state index contributed by atoms with van der Waals surface area (Å²) in [6, 6.07) is 0.989. The molecule has 1 rings (SSSR count). The van der Waals surface area contributed by atoms with Crippen molar-refractivity contribution in [2.24, 2.45) is 0 Å². The number of nitrogens with zero attached hydrogens (tertiary/aromatic N) is 1. The summed E-state index contributed by atoms with van der Waals surface area (Å²) in [7, 11) is 0. The molecule has 0 aliphatic rings. The average Bonchev–Trinajstić information content (AvgIpc) is 2.48. The third kappa shape index (κ3) is 5.93. The minimum Gasteiger partial charge on any atom is -0.480 e. The smallest absolute Gasteiger partial charge is 0.416 e. The molecule has 0 heterocycles. The first-order chi connectivity index (χ1) is 11.4. The lowest BCUT2D eigenvalue weighted by Crippen LogP contribution is -2.46. The number of carbonyl (C=O) groups excluding carboxylic acids is 2. The van der Waals surface area contributed by atoms with E-state index in [9.17, 15) is 27.6 Å². The predicted molar refractivity (Wildman–Crippen MR) is 83.3 cm³/mol. The fourth-order valence-corrected chi connectivity index (χ4v) is 2.23. The van der Waals surface area contributed by atoms with E-state index in [-0.39, 0.29) is 18.1 Å². The number of carboxylic acid groups (broad SMARTS) is 1. The second kappa shape index (κ2) is 8.19. The molecule has 0 aliphatic heterocycles. The standard InChI is InChI=1S/C15H16ClF3N2O4/c1-8(14(24)25)21(4-3-20-9(2)22)13(23)10-5-11(15(17,18)19)7-12(16)6-10/h5-8H,3-4H2,1-2H3,(H,20,22)(H,24,25). The molecule has 0 spiro atoms. The number of amides is 2. The topological polar surface area (TPSA) is 86.7 Å². The Morgan fingerprint density at radius 1 is 1.28 bits per heavy atom. The lowest BCUT2D eigenvalue weighted by Gasteiger charge is -2.27. The van der Waals surface area contributed by atoms with Gasteiger partial charge >= 0.3 is 12.1 Å². The van der Waals surface area contributed by atoms with E-state index >= 15 is 0 Å². The molecule has 1 aromatic carbocycles. The molecule has 138 valence electrons. The van der Waals surface area contributed by atoms with Gasteiger partial charge in [0.25, 0.3) is 5.91 Å². The van der Waals surface area contributed by atoms with Crippen LogP contribution in [0.2, 0.25) is 5.02 Å². The molecule has 0 bridgehead atoms. The van der Waals surface area contributed by atoms with E-state index in [4.69, 9.17) is 16.7 Å². The number of rotatable bonds is 6. The molecular formula is C15H16ClF3N2O4. The molecule has 1 atom stereocenters. The molecular weight excluding hydrogens is 365 g/mol. The maximum Gasteiger partial charge on any atom is 0.416 e. The van der Waals surface area contributed by atoms with Crippen molar-refractivity contribution in [3.63, 3.8) is 0 Å². The van der Waals surface area contributed by atoms with Crippen LogP contribution in [0, 0.1) is 0 Å². The summed E-state index contributed by atoms with van der Waals surface area (Å²) >= 11 is 5.65. The predicted octanol–water partition coefficient (Wildman–Crippen LogP) is 2.41. The fourth-order valence-electron chi connectivity index (χ4n) is 2.00. The minimum atomic E-state index is -4.71. The van der Waals surface area contributed by atoms with Crippen LogP contribution in [0.1, 0.15) is 29.8 Å². The Balaban J connectivity index is 3.17. The number of aliphatic carboxylic acids is 1. The second-order valence-corrected chi connectivity index (χ2v) is 5.66. The van der Waals surface area contributed by atoms with Crippen LogP contribution in [-0.4, -0.2) is 46.9 Å². The maximum absolute atomic E-state index is 12.9. The first-order valence-corrected chi connectivity index (χ1v) is 7.47. The summed E-state index contributed by atoms with van der Waals surface area (Å²) in [6.07, 6.45) is -4.71. The highest BCUT2D eigenvalue weighted by Gasteiger charge is 2.33. The van der Waals surface area contributed by atoms with E-state index in [0.717, 1.165) is 11.0 Å². The molecule has 0 saturated carbocycles. The van der Waals surface area contributed by atoms with E-state index in [1.807, 2.05) is 0 Å². The molecule has 0 aliphatic carbocycles. The van der Waals surface area contributed by atoms with Crippen molar-refractivity contribution in [2.45, 2.75) is 26.1 Å².